The summed E-state index contributed by atoms with van der Waals surface area (Å²) in [7, 11) is 0. The predicted molar refractivity (Wildman–Crippen MR) is 61.2 cm³/mol. The molecule has 0 aliphatic heterocycles. The van der Waals surface area contributed by atoms with Crippen LogP contribution in [0.1, 0.15) is 0 Å². The predicted octanol–water partition coefficient (Wildman–Crippen LogP) is 0.203. The summed E-state index contributed by atoms with van der Waals surface area (Å²) in [6.07, 6.45) is 0.821. The minimum atomic E-state index is -0.627. The van der Waals surface area contributed by atoms with Crippen LogP contribution in [0.4, 0.5) is 10.5 Å². The van der Waals surface area contributed by atoms with Crippen molar-refractivity contribution in [2.75, 3.05) is 18.5 Å². The van der Waals surface area contributed by atoms with Crippen LogP contribution in [0, 0.1) is 0 Å². The maximum atomic E-state index is 11.3. The average Bonchev–Trinajstić information content (AvgIpc) is 2.90. The van der Waals surface area contributed by atoms with Crippen molar-refractivity contribution < 1.29 is 14.6 Å². The van der Waals surface area contributed by atoms with Crippen LogP contribution < -0.4 is 5.32 Å². The van der Waals surface area contributed by atoms with Gasteiger partial charge in [-0.1, -0.05) is 6.07 Å². The molecule has 1 heterocycles. The average molecular weight is 249 g/mol. The lowest BCUT2D eigenvalue weighted by atomic mass is 10.3. The van der Waals surface area contributed by atoms with E-state index in [0.29, 0.717) is 11.4 Å². The van der Waals surface area contributed by atoms with Gasteiger partial charge >= 0.3 is 6.09 Å². The number of carbonyl (C=O) groups excluding carboxylic acids is 1. The van der Waals surface area contributed by atoms with E-state index in [9.17, 15) is 4.79 Å². The van der Waals surface area contributed by atoms with Crippen molar-refractivity contribution in [2.45, 2.75) is 0 Å². The third kappa shape index (κ3) is 3.01. The van der Waals surface area contributed by atoms with Gasteiger partial charge in [0.1, 0.15) is 12.9 Å². The second-order valence-corrected chi connectivity index (χ2v) is 3.29. The number of nitrogens with one attached hydrogen (secondary N) is 1. The van der Waals surface area contributed by atoms with Crippen molar-refractivity contribution in [3.63, 3.8) is 0 Å². The van der Waals surface area contributed by atoms with Gasteiger partial charge in [-0.3, -0.25) is 5.32 Å². The molecular weight excluding hydrogens is 238 g/mol. The Morgan fingerprint density at radius 3 is 3.11 bits per heavy atom. The van der Waals surface area contributed by atoms with Gasteiger partial charge in [0.15, 0.2) is 0 Å². The molecule has 1 amide bonds. The number of rotatable bonds is 4. The Bertz CT molecular complexity index is 514. The smallest absolute Gasteiger partial charge is 0.411 e. The lowest BCUT2D eigenvalue weighted by molar-refractivity contribution is 0.131. The van der Waals surface area contributed by atoms with Gasteiger partial charge in [0.25, 0.3) is 0 Å². The first-order chi connectivity index (χ1) is 8.79. The fraction of sp³-hybridized carbons (Fsp3) is 0.200. The highest BCUT2D eigenvalue weighted by molar-refractivity contribution is 5.84. The maximum Gasteiger partial charge on any atom is 0.411 e. The molecule has 0 aliphatic carbocycles. The summed E-state index contributed by atoms with van der Waals surface area (Å²) in [5.74, 6) is 0. The van der Waals surface area contributed by atoms with Crippen LogP contribution in [0.3, 0.4) is 0 Å². The Balaban J connectivity index is 2.06. The first kappa shape index (κ1) is 12.0. The summed E-state index contributed by atoms with van der Waals surface area (Å²) >= 11 is 0. The van der Waals surface area contributed by atoms with E-state index in [2.05, 4.69) is 25.6 Å². The number of benzene rings is 1. The fourth-order valence-electron chi connectivity index (χ4n) is 1.30. The zero-order valence-corrected chi connectivity index (χ0v) is 9.35. The number of anilines is 1. The molecule has 2 aromatic rings. The van der Waals surface area contributed by atoms with Gasteiger partial charge in [-0.25, -0.2) is 9.48 Å². The van der Waals surface area contributed by atoms with Crippen molar-refractivity contribution in [1.82, 2.24) is 20.2 Å². The molecule has 0 saturated heterocycles. The fourth-order valence-corrected chi connectivity index (χ4v) is 1.30. The lowest BCUT2D eigenvalue weighted by Crippen LogP contribution is -2.15. The topological polar surface area (TPSA) is 102 Å². The highest BCUT2D eigenvalue weighted by Crippen LogP contribution is 2.13. The molecule has 8 nitrogen and oxygen atoms in total. The van der Waals surface area contributed by atoms with E-state index < -0.39 is 6.09 Å². The Hall–Kier alpha value is -2.48. The first-order valence-corrected chi connectivity index (χ1v) is 5.17. The largest absolute Gasteiger partial charge is 0.447 e. The third-order valence-corrected chi connectivity index (χ3v) is 2.03. The molecule has 94 valence electrons. The SMILES string of the molecule is O=C(Nc1cccc(-n2cnnn2)c1)OCCO. The number of aliphatic hydroxyl groups is 1. The van der Waals surface area contributed by atoms with Crippen LogP contribution in [0.5, 0.6) is 0 Å². The van der Waals surface area contributed by atoms with Crippen molar-refractivity contribution in [3.05, 3.63) is 30.6 Å². The number of hydrogen-bond acceptors (Lipinski definition) is 6. The highest BCUT2D eigenvalue weighted by atomic mass is 16.6. The van der Waals surface area contributed by atoms with E-state index in [4.69, 9.17) is 5.11 Å². The van der Waals surface area contributed by atoms with Crippen molar-refractivity contribution >= 4 is 11.8 Å². The van der Waals surface area contributed by atoms with Crippen molar-refractivity contribution in [3.8, 4) is 5.69 Å². The molecule has 1 aromatic heterocycles. The molecule has 2 N–H and O–H groups in total. The zero-order chi connectivity index (χ0) is 12.8. The van der Waals surface area contributed by atoms with E-state index in [1.54, 1.807) is 24.3 Å². The summed E-state index contributed by atoms with van der Waals surface area (Å²) in [5.41, 5.74) is 1.26. The van der Waals surface area contributed by atoms with E-state index in [0.717, 1.165) is 0 Å². The molecule has 0 saturated carbocycles. The highest BCUT2D eigenvalue weighted by Gasteiger charge is 2.04. The summed E-state index contributed by atoms with van der Waals surface area (Å²) < 4.78 is 6.14. The number of amides is 1. The molecular formula is C10H11N5O3. The van der Waals surface area contributed by atoms with Gasteiger partial charge in [0.05, 0.1) is 12.3 Å². The summed E-state index contributed by atoms with van der Waals surface area (Å²) in [5, 5.41) is 21.8. The first-order valence-electron chi connectivity index (χ1n) is 5.17. The van der Waals surface area contributed by atoms with Gasteiger partial charge < -0.3 is 9.84 Å². The van der Waals surface area contributed by atoms with E-state index >= 15 is 0 Å². The van der Waals surface area contributed by atoms with Gasteiger partial charge in [-0.2, -0.15) is 0 Å². The minimum absolute atomic E-state index is 0.0431. The van der Waals surface area contributed by atoms with Gasteiger partial charge in [0.2, 0.25) is 0 Å². The van der Waals surface area contributed by atoms with Gasteiger partial charge in [0, 0.05) is 5.69 Å². The van der Waals surface area contributed by atoms with Gasteiger partial charge in [-0.15, -0.1) is 5.10 Å². The number of hydrogen-bond donors (Lipinski definition) is 2. The molecule has 0 spiro atoms. The number of aliphatic hydroxyl groups excluding tert-OH is 1. The molecule has 0 radical (unpaired) electrons. The molecule has 1 aromatic carbocycles. The number of nitrogens with zero attached hydrogens (tertiary/aromatic N) is 4. The molecule has 2 rings (SSSR count). The molecule has 0 bridgehead atoms. The lowest BCUT2D eigenvalue weighted by Gasteiger charge is -2.07. The summed E-state index contributed by atoms with van der Waals surface area (Å²) in [6, 6.07) is 6.93. The summed E-state index contributed by atoms with van der Waals surface area (Å²) in [6.45, 7) is -0.253. The Morgan fingerprint density at radius 1 is 1.50 bits per heavy atom. The van der Waals surface area contributed by atoms with Crippen LogP contribution in [0.2, 0.25) is 0 Å². The molecule has 18 heavy (non-hydrogen) atoms. The van der Waals surface area contributed by atoms with Crippen LogP contribution in [-0.4, -0.2) is 44.6 Å². The van der Waals surface area contributed by atoms with Gasteiger partial charge in [-0.05, 0) is 28.6 Å². The van der Waals surface area contributed by atoms with Crippen LogP contribution >= 0.6 is 0 Å². The van der Waals surface area contributed by atoms with E-state index in [-0.39, 0.29) is 13.2 Å². The van der Waals surface area contributed by atoms with Crippen LogP contribution in [0.15, 0.2) is 30.6 Å². The van der Waals surface area contributed by atoms with E-state index in [1.807, 2.05) is 0 Å². The monoisotopic (exact) mass is 249 g/mol. The van der Waals surface area contributed by atoms with Crippen LogP contribution in [-0.2, 0) is 4.74 Å². The Morgan fingerprint density at radius 2 is 2.39 bits per heavy atom. The number of carbonyl (C=O) groups is 1. The molecule has 0 atom stereocenters. The third-order valence-electron chi connectivity index (χ3n) is 2.03. The number of tetrazole rings is 1. The standard InChI is InChI=1S/C10H11N5O3/c16-4-5-18-10(17)12-8-2-1-3-9(6-8)15-7-11-13-14-15/h1-3,6-7,16H,4-5H2,(H,12,17). The van der Waals surface area contributed by atoms with E-state index in [1.165, 1.54) is 11.0 Å². The second-order valence-electron chi connectivity index (χ2n) is 3.29. The summed E-state index contributed by atoms with van der Waals surface area (Å²) in [4.78, 5) is 11.3. The minimum Gasteiger partial charge on any atom is -0.447 e. The molecule has 0 fully saturated rings. The molecule has 8 heteroatoms. The zero-order valence-electron chi connectivity index (χ0n) is 9.35. The quantitative estimate of drug-likeness (QED) is 0.802. The normalized spacial score (nSPS) is 10.1. The Kier molecular flexibility index (Phi) is 3.82. The number of aromatic nitrogens is 4. The Labute approximate surface area is 102 Å². The maximum absolute atomic E-state index is 11.3. The van der Waals surface area contributed by atoms with Crippen LogP contribution in [0.25, 0.3) is 5.69 Å². The van der Waals surface area contributed by atoms with Crippen molar-refractivity contribution in [2.24, 2.45) is 0 Å². The van der Waals surface area contributed by atoms with Crippen molar-refractivity contribution in [1.29, 1.82) is 0 Å². The second kappa shape index (κ2) is 5.73. The molecule has 0 unspecified atom stereocenters. The number of ether oxygens (including phenoxy) is 1. The molecule has 0 aliphatic rings.